The third-order valence-electron chi connectivity index (χ3n) is 5.01. The first kappa shape index (κ1) is 16.7. The van der Waals surface area contributed by atoms with Gasteiger partial charge in [0.25, 0.3) is 0 Å². The van der Waals surface area contributed by atoms with Gasteiger partial charge in [-0.25, -0.2) is 4.98 Å². The molecule has 1 saturated heterocycles. The maximum absolute atomic E-state index is 9.57. The van der Waals surface area contributed by atoms with Gasteiger partial charge in [0.15, 0.2) is 11.5 Å². The fourth-order valence-electron chi connectivity index (χ4n) is 3.62. The first-order valence-corrected chi connectivity index (χ1v) is 9.09. The van der Waals surface area contributed by atoms with Gasteiger partial charge in [0, 0.05) is 43.2 Å². The van der Waals surface area contributed by atoms with Crippen LogP contribution in [-0.4, -0.2) is 52.1 Å². The van der Waals surface area contributed by atoms with Crippen LogP contribution in [0.4, 0.5) is 0 Å². The Morgan fingerprint density at radius 3 is 2.88 bits per heavy atom. The first-order valence-electron chi connectivity index (χ1n) is 8.72. The lowest BCUT2D eigenvalue weighted by Gasteiger charge is -2.34. The van der Waals surface area contributed by atoms with Crippen molar-refractivity contribution in [2.75, 3.05) is 26.5 Å². The van der Waals surface area contributed by atoms with Crippen molar-refractivity contribution in [3.05, 3.63) is 29.5 Å². The number of hydrogen-bond acceptors (Lipinski definition) is 5. The fraction of sp³-hybridized carbons (Fsp3) is 0.500. The van der Waals surface area contributed by atoms with Crippen LogP contribution in [0.3, 0.4) is 0 Å². The molecular formula is C18H22ClN3O3. The second kappa shape index (κ2) is 7.23. The molecule has 0 spiro atoms. The Bertz CT molecular complexity index is 749. The van der Waals surface area contributed by atoms with Gasteiger partial charge in [0.1, 0.15) is 5.82 Å². The van der Waals surface area contributed by atoms with Crippen LogP contribution in [-0.2, 0) is 6.54 Å². The van der Waals surface area contributed by atoms with Crippen LogP contribution < -0.4 is 9.47 Å². The zero-order valence-electron chi connectivity index (χ0n) is 14.0. The number of nitrogens with zero attached hydrogens (tertiary/aromatic N) is 3. The zero-order chi connectivity index (χ0) is 17.2. The molecule has 2 aliphatic heterocycles. The van der Waals surface area contributed by atoms with Gasteiger partial charge in [0.2, 0.25) is 6.79 Å². The minimum atomic E-state index is 0.223. The van der Waals surface area contributed by atoms with Crippen molar-refractivity contribution in [3.63, 3.8) is 0 Å². The molecule has 0 amide bonds. The van der Waals surface area contributed by atoms with Crippen LogP contribution in [0.5, 0.6) is 11.5 Å². The number of piperidine rings is 1. The summed E-state index contributed by atoms with van der Waals surface area (Å²) in [6, 6.07) is 3.95. The van der Waals surface area contributed by atoms with E-state index < -0.39 is 0 Å². The molecule has 3 heterocycles. The van der Waals surface area contributed by atoms with Gasteiger partial charge in [-0.3, -0.25) is 4.90 Å². The summed E-state index contributed by atoms with van der Waals surface area (Å²) in [7, 11) is 0. The summed E-state index contributed by atoms with van der Waals surface area (Å²) in [5, 5.41) is 10.2. The Labute approximate surface area is 151 Å². The predicted octanol–water partition coefficient (Wildman–Crippen LogP) is 2.78. The second-order valence-electron chi connectivity index (χ2n) is 6.50. The van der Waals surface area contributed by atoms with Gasteiger partial charge in [-0.15, -0.1) is 0 Å². The average Bonchev–Trinajstić information content (AvgIpc) is 3.27. The number of aromatic nitrogens is 2. The molecule has 25 heavy (non-hydrogen) atoms. The molecule has 2 aliphatic rings. The Morgan fingerprint density at radius 2 is 2.04 bits per heavy atom. The number of hydrogen-bond donors (Lipinski definition) is 1. The number of ether oxygens (including phenoxy) is 2. The molecule has 7 heteroatoms. The quantitative estimate of drug-likeness (QED) is 0.885. The molecule has 134 valence electrons. The summed E-state index contributed by atoms with van der Waals surface area (Å²) in [6.45, 7) is 3.18. The molecule has 0 radical (unpaired) electrons. The molecule has 1 aromatic carbocycles. The summed E-state index contributed by atoms with van der Waals surface area (Å²) in [5.41, 5.74) is 0.841. The number of likely N-dealkylation sites (tertiary alicyclic amines) is 1. The van der Waals surface area contributed by atoms with Crippen molar-refractivity contribution in [2.24, 2.45) is 0 Å². The van der Waals surface area contributed by atoms with Crippen molar-refractivity contribution in [1.82, 2.24) is 14.5 Å². The topological polar surface area (TPSA) is 59.8 Å². The van der Waals surface area contributed by atoms with Crippen molar-refractivity contribution >= 4 is 11.6 Å². The minimum absolute atomic E-state index is 0.223. The molecule has 1 N–H and O–H groups in total. The molecule has 1 fully saturated rings. The van der Waals surface area contributed by atoms with Crippen LogP contribution in [0, 0.1) is 0 Å². The lowest BCUT2D eigenvalue weighted by molar-refractivity contribution is 0.0873. The van der Waals surface area contributed by atoms with Crippen LogP contribution in [0.2, 0.25) is 5.02 Å². The van der Waals surface area contributed by atoms with E-state index in [1.807, 2.05) is 12.3 Å². The van der Waals surface area contributed by atoms with Crippen LogP contribution in [0.1, 0.15) is 19.3 Å². The molecule has 6 nitrogen and oxygen atoms in total. The number of imidazole rings is 1. The molecule has 0 aliphatic carbocycles. The Hall–Kier alpha value is -1.76. The van der Waals surface area contributed by atoms with Crippen LogP contribution >= 0.6 is 11.6 Å². The highest BCUT2D eigenvalue weighted by atomic mass is 35.5. The normalized spacial score (nSPS) is 20.2. The molecule has 1 unspecified atom stereocenters. The molecule has 1 atom stereocenters. The summed E-state index contributed by atoms with van der Waals surface area (Å²) in [4.78, 5) is 6.86. The maximum Gasteiger partial charge on any atom is 0.231 e. The second-order valence-corrected chi connectivity index (χ2v) is 6.90. The van der Waals surface area contributed by atoms with Crippen molar-refractivity contribution in [3.8, 4) is 22.9 Å². The standard InChI is InChI=1S/C18H22ClN3O3/c19-15-10-17-16(24-12-25-17)9-14(15)18-20-4-6-22(18)8-7-21-5-2-1-3-13(21)11-23/h4,6,9-10,13,23H,1-3,5,7-8,11-12H2. The summed E-state index contributed by atoms with van der Waals surface area (Å²) in [6.07, 6.45) is 7.22. The Kier molecular flexibility index (Phi) is 4.83. The predicted molar refractivity (Wildman–Crippen MR) is 95.1 cm³/mol. The van der Waals surface area contributed by atoms with E-state index in [0.717, 1.165) is 37.4 Å². The van der Waals surface area contributed by atoms with Gasteiger partial charge >= 0.3 is 0 Å². The van der Waals surface area contributed by atoms with Crippen molar-refractivity contribution in [2.45, 2.75) is 31.8 Å². The van der Waals surface area contributed by atoms with Crippen molar-refractivity contribution in [1.29, 1.82) is 0 Å². The highest BCUT2D eigenvalue weighted by Crippen LogP contribution is 2.40. The summed E-state index contributed by atoms with van der Waals surface area (Å²) in [5.74, 6) is 2.19. The van der Waals surface area contributed by atoms with E-state index in [1.54, 1.807) is 12.3 Å². The molecule has 4 rings (SSSR count). The number of halogens is 1. The van der Waals surface area contributed by atoms with E-state index in [2.05, 4.69) is 14.5 Å². The fourth-order valence-corrected chi connectivity index (χ4v) is 3.86. The van der Waals surface area contributed by atoms with E-state index >= 15 is 0 Å². The lowest BCUT2D eigenvalue weighted by atomic mass is 10.0. The SMILES string of the molecule is OCC1CCCCN1CCn1ccnc1-c1cc2c(cc1Cl)OCO2. The minimum Gasteiger partial charge on any atom is -0.454 e. The van der Waals surface area contributed by atoms with Crippen LogP contribution in [0.25, 0.3) is 11.4 Å². The Morgan fingerprint density at radius 1 is 1.20 bits per heavy atom. The third kappa shape index (κ3) is 3.34. The smallest absolute Gasteiger partial charge is 0.231 e. The first-order chi connectivity index (χ1) is 12.3. The number of fused-ring (bicyclic) bond motifs is 1. The number of aliphatic hydroxyl groups excluding tert-OH is 1. The zero-order valence-corrected chi connectivity index (χ0v) is 14.8. The largest absolute Gasteiger partial charge is 0.454 e. The van der Waals surface area contributed by atoms with Crippen LogP contribution in [0.15, 0.2) is 24.5 Å². The number of benzene rings is 1. The van der Waals surface area contributed by atoms with E-state index in [1.165, 1.54) is 12.8 Å². The average molecular weight is 364 g/mol. The maximum atomic E-state index is 9.57. The Balaban J connectivity index is 1.53. The van der Waals surface area contributed by atoms with Gasteiger partial charge in [-0.2, -0.15) is 0 Å². The molecular weight excluding hydrogens is 342 g/mol. The van der Waals surface area contributed by atoms with Gasteiger partial charge in [-0.05, 0) is 25.5 Å². The highest BCUT2D eigenvalue weighted by molar-refractivity contribution is 6.33. The molecule has 1 aromatic heterocycles. The van der Waals surface area contributed by atoms with E-state index in [0.29, 0.717) is 16.5 Å². The molecule has 0 bridgehead atoms. The molecule has 2 aromatic rings. The lowest BCUT2D eigenvalue weighted by Crippen LogP contribution is -2.43. The van der Waals surface area contributed by atoms with Crippen molar-refractivity contribution < 1.29 is 14.6 Å². The van der Waals surface area contributed by atoms with Gasteiger partial charge in [0.05, 0.1) is 11.6 Å². The van der Waals surface area contributed by atoms with E-state index in [-0.39, 0.29) is 19.4 Å². The number of rotatable bonds is 5. The summed E-state index contributed by atoms with van der Waals surface area (Å²) >= 11 is 6.43. The molecule has 0 saturated carbocycles. The third-order valence-corrected chi connectivity index (χ3v) is 5.32. The highest BCUT2D eigenvalue weighted by Gasteiger charge is 2.23. The van der Waals surface area contributed by atoms with Gasteiger partial charge in [-0.1, -0.05) is 18.0 Å². The summed E-state index contributed by atoms with van der Waals surface area (Å²) < 4.78 is 12.9. The van der Waals surface area contributed by atoms with E-state index in [9.17, 15) is 5.11 Å². The van der Waals surface area contributed by atoms with E-state index in [4.69, 9.17) is 21.1 Å². The number of aliphatic hydroxyl groups is 1. The van der Waals surface area contributed by atoms with Gasteiger partial charge < -0.3 is 19.1 Å². The monoisotopic (exact) mass is 363 g/mol.